The number of aromatic nitrogens is 1. The van der Waals surface area contributed by atoms with E-state index >= 15 is 0 Å². The van der Waals surface area contributed by atoms with Crippen LogP contribution in [0.2, 0.25) is 0 Å². The largest absolute Gasteiger partial charge is 0.385 e. The molecule has 4 heteroatoms. The lowest BCUT2D eigenvalue weighted by molar-refractivity contribution is 0.0995. The summed E-state index contributed by atoms with van der Waals surface area (Å²) in [7, 11) is 0. The Labute approximate surface area is 89.2 Å². The topological polar surface area (TPSA) is 68.0 Å². The van der Waals surface area contributed by atoms with Crippen molar-refractivity contribution < 1.29 is 4.79 Å². The van der Waals surface area contributed by atoms with E-state index in [2.05, 4.69) is 16.4 Å². The highest BCUT2D eigenvalue weighted by molar-refractivity contribution is 5.91. The van der Waals surface area contributed by atoms with Crippen molar-refractivity contribution in [2.24, 2.45) is 5.73 Å². The van der Waals surface area contributed by atoms with Crippen molar-refractivity contribution in [3.63, 3.8) is 0 Å². The molecule has 0 saturated carbocycles. The van der Waals surface area contributed by atoms with Crippen LogP contribution in [0.4, 0.5) is 5.69 Å². The molecule has 0 spiro atoms. The fourth-order valence-corrected chi connectivity index (χ4v) is 1.14. The second-order valence-corrected chi connectivity index (χ2v) is 3.08. The van der Waals surface area contributed by atoms with Crippen LogP contribution in [0.3, 0.4) is 0 Å². The highest BCUT2D eigenvalue weighted by atomic mass is 16.1. The molecule has 0 fully saturated rings. The second kappa shape index (κ2) is 5.80. The number of nitrogens with one attached hydrogen (secondary N) is 1. The number of carbonyl (C=O) groups excluding carboxylic acids is 1. The van der Waals surface area contributed by atoms with Crippen molar-refractivity contribution >= 4 is 11.6 Å². The molecule has 1 aromatic heterocycles. The highest BCUT2D eigenvalue weighted by Crippen LogP contribution is 2.07. The molecule has 0 aliphatic rings. The zero-order valence-corrected chi connectivity index (χ0v) is 8.73. The van der Waals surface area contributed by atoms with Crippen LogP contribution < -0.4 is 11.1 Å². The molecule has 1 amide bonds. The molecule has 1 aromatic rings. The Morgan fingerprint density at radius 2 is 2.47 bits per heavy atom. The second-order valence-electron chi connectivity index (χ2n) is 3.08. The van der Waals surface area contributed by atoms with Gasteiger partial charge in [-0.1, -0.05) is 12.2 Å². The monoisotopic (exact) mass is 205 g/mol. The number of hydrogen-bond acceptors (Lipinski definition) is 3. The molecule has 3 N–H and O–H groups in total. The van der Waals surface area contributed by atoms with Gasteiger partial charge in [-0.25, -0.2) is 0 Å². The third kappa shape index (κ3) is 3.81. The summed E-state index contributed by atoms with van der Waals surface area (Å²) in [4.78, 5) is 14.7. The summed E-state index contributed by atoms with van der Waals surface area (Å²) >= 11 is 0. The first-order valence-electron chi connectivity index (χ1n) is 4.85. The number of rotatable bonds is 5. The van der Waals surface area contributed by atoms with Crippen molar-refractivity contribution in [1.29, 1.82) is 0 Å². The van der Waals surface area contributed by atoms with Gasteiger partial charge in [-0.2, -0.15) is 0 Å². The molecule has 0 aromatic carbocycles. The summed E-state index contributed by atoms with van der Waals surface area (Å²) in [5.74, 6) is -0.507. The molecular formula is C11H15N3O. The van der Waals surface area contributed by atoms with Crippen LogP contribution in [0.5, 0.6) is 0 Å². The standard InChI is InChI=1S/C11H15N3O/c1-2-3-4-6-13-9-5-7-14-10(8-9)11(12)15/h2-3,5,7-8H,4,6H2,1H3,(H2,12,15)(H,13,14)/b3-2+. The predicted molar refractivity (Wildman–Crippen MR) is 60.7 cm³/mol. The van der Waals surface area contributed by atoms with Gasteiger partial charge in [0.2, 0.25) is 0 Å². The van der Waals surface area contributed by atoms with E-state index in [-0.39, 0.29) is 5.69 Å². The highest BCUT2D eigenvalue weighted by Gasteiger charge is 2.01. The van der Waals surface area contributed by atoms with E-state index in [1.54, 1.807) is 12.3 Å². The maximum atomic E-state index is 10.9. The van der Waals surface area contributed by atoms with Gasteiger partial charge in [0.1, 0.15) is 5.69 Å². The van der Waals surface area contributed by atoms with Crippen molar-refractivity contribution in [2.75, 3.05) is 11.9 Å². The molecule has 0 saturated heterocycles. The minimum Gasteiger partial charge on any atom is -0.385 e. The number of carbonyl (C=O) groups is 1. The first kappa shape index (κ1) is 11.2. The summed E-state index contributed by atoms with van der Waals surface area (Å²) in [5, 5.41) is 3.18. The summed E-state index contributed by atoms with van der Waals surface area (Å²) in [5.41, 5.74) is 6.27. The Morgan fingerprint density at radius 3 is 3.13 bits per heavy atom. The van der Waals surface area contributed by atoms with Crippen molar-refractivity contribution in [2.45, 2.75) is 13.3 Å². The summed E-state index contributed by atoms with van der Waals surface area (Å²) in [6.45, 7) is 2.81. The smallest absolute Gasteiger partial charge is 0.267 e. The van der Waals surface area contributed by atoms with Crippen molar-refractivity contribution in [3.8, 4) is 0 Å². The molecule has 1 heterocycles. The number of allylic oxidation sites excluding steroid dienone is 1. The lowest BCUT2D eigenvalue weighted by atomic mass is 10.3. The van der Waals surface area contributed by atoms with Crippen molar-refractivity contribution in [3.05, 3.63) is 36.2 Å². The first-order chi connectivity index (χ1) is 7.24. The first-order valence-corrected chi connectivity index (χ1v) is 4.85. The van der Waals surface area contributed by atoms with Gasteiger partial charge >= 0.3 is 0 Å². The Bertz CT molecular complexity index is 361. The van der Waals surface area contributed by atoms with E-state index in [1.807, 2.05) is 19.1 Å². The van der Waals surface area contributed by atoms with Gasteiger partial charge in [0.15, 0.2) is 0 Å². The number of nitrogens with zero attached hydrogens (tertiary/aromatic N) is 1. The molecule has 0 radical (unpaired) electrons. The molecule has 0 aliphatic carbocycles. The van der Waals surface area contributed by atoms with E-state index in [1.165, 1.54) is 0 Å². The van der Waals surface area contributed by atoms with Gasteiger partial charge in [-0.15, -0.1) is 0 Å². The van der Waals surface area contributed by atoms with Crippen LogP contribution in [-0.4, -0.2) is 17.4 Å². The molecule has 0 atom stereocenters. The van der Waals surface area contributed by atoms with Crippen LogP contribution in [0.25, 0.3) is 0 Å². The van der Waals surface area contributed by atoms with E-state index in [4.69, 9.17) is 5.73 Å². The molecular weight excluding hydrogens is 190 g/mol. The number of hydrogen-bond donors (Lipinski definition) is 2. The maximum absolute atomic E-state index is 10.9. The van der Waals surface area contributed by atoms with Crippen LogP contribution >= 0.6 is 0 Å². The molecule has 15 heavy (non-hydrogen) atoms. The Balaban J connectivity index is 2.54. The molecule has 4 nitrogen and oxygen atoms in total. The Morgan fingerprint density at radius 1 is 1.67 bits per heavy atom. The maximum Gasteiger partial charge on any atom is 0.267 e. The average Bonchev–Trinajstić information content (AvgIpc) is 2.25. The number of pyridine rings is 1. The lowest BCUT2D eigenvalue weighted by Gasteiger charge is -2.04. The Hall–Kier alpha value is -1.84. The van der Waals surface area contributed by atoms with Gasteiger partial charge in [0, 0.05) is 18.4 Å². The minimum atomic E-state index is -0.507. The number of anilines is 1. The van der Waals surface area contributed by atoms with Gasteiger partial charge in [-0.3, -0.25) is 9.78 Å². The Kier molecular flexibility index (Phi) is 4.34. The number of amides is 1. The zero-order chi connectivity index (χ0) is 11.1. The third-order valence-corrected chi connectivity index (χ3v) is 1.89. The fourth-order valence-electron chi connectivity index (χ4n) is 1.14. The number of primary amides is 1. The summed E-state index contributed by atoms with van der Waals surface area (Å²) < 4.78 is 0. The summed E-state index contributed by atoms with van der Waals surface area (Å²) in [6.07, 6.45) is 6.59. The van der Waals surface area contributed by atoms with Gasteiger partial charge in [-0.05, 0) is 25.5 Å². The van der Waals surface area contributed by atoms with Crippen LogP contribution in [0.15, 0.2) is 30.5 Å². The predicted octanol–water partition coefficient (Wildman–Crippen LogP) is 1.56. The number of nitrogens with two attached hydrogens (primary N) is 1. The van der Waals surface area contributed by atoms with Crippen LogP contribution in [0.1, 0.15) is 23.8 Å². The van der Waals surface area contributed by atoms with Crippen LogP contribution in [0, 0.1) is 0 Å². The zero-order valence-electron chi connectivity index (χ0n) is 8.73. The molecule has 80 valence electrons. The SMILES string of the molecule is C/C=C/CCNc1ccnc(C(N)=O)c1. The van der Waals surface area contributed by atoms with E-state index < -0.39 is 5.91 Å². The quantitative estimate of drug-likeness (QED) is 0.566. The van der Waals surface area contributed by atoms with Gasteiger partial charge in [0.25, 0.3) is 5.91 Å². The van der Waals surface area contributed by atoms with Crippen molar-refractivity contribution in [1.82, 2.24) is 4.98 Å². The average molecular weight is 205 g/mol. The lowest BCUT2D eigenvalue weighted by Crippen LogP contribution is -2.13. The molecule has 0 aliphatic heterocycles. The normalized spacial score (nSPS) is 10.5. The van der Waals surface area contributed by atoms with Crippen LogP contribution in [-0.2, 0) is 0 Å². The van der Waals surface area contributed by atoms with E-state index in [0.29, 0.717) is 0 Å². The van der Waals surface area contributed by atoms with Gasteiger partial charge in [0.05, 0.1) is 0 Å². The third-order valence-electron chi connectivity index (χ3n) is 1.89. The molecule has 0 unspecified atom stereocenters. The van der Waals surface area contributed by atoms with E-state index in [9.17, 15) is 4.79 Å². The summed E-state index contributed by atoms with van der Waals surface area (Å²) in [6, 6.07) is 3.46. The van der Waals surface area contributed by atoms with Gasteiger partial charge < -0.3 is 11.1 Å². The molecule has 1 rings (SSSR count). The van der Waals surface area contributed by atoms with E-state index in [0.717, 1.165) is 18.7 Å². The molecule has 0 bridgehead atoms. The minimum absolute atomic E-state index is 0.283. The fraction of sp³-hybridized carbons (Fsp3) is 0.273.